The van der Waals surface area contributed by atoms with Gasteiger partial charge in [-0.05, 0) is 30.9 Å². The number of carboxylic acids is 1. The zero-order chi connectivity index (χ0) is 15.3. The van der Waals surface area contributed by atoms with Crippen molar-refractivity contribution in [3.8, 4) is 5.75 Å². The molecule has 3 N–H and O–H groups in total. The molecular weight excluding hydrogens is 270 g/mol. The molecule has 1 amide bonds. The van der Waals surface area contributed by atoms with Gasteiger partial charge in [-0.25, -0.2) is 0 Å². The van der Waals surface area contributed by atoms with Gasteiger partial charge in [-0.15, -0.1) is 0 Å². The number of benzene rings is 1. The number of phenolic OH excluding ortho intramolecular Hbond substituents is 1. The van der Waals surface area contributed by atoms with Crippen molar-refractivity contribution < 1.29 is 19.8 Å². The number of aliphatic carboxylic acids is 1. The highest BCUT2D eigenvalue weighted by Gasteiger charge is 2.37. The molecule has 5 nitrogen and oxygen atoms in total. The Kier molecular flexibility index (Phi) is 4.83. The first-order valence-corrected chi connectivity index (χ1v) is 7.30. The van der Waals surface area contributed by atoms with E-state index in [1.165, 1.54) is 0 Å². The quantitative estimate of drug-likeness (QED) is 0.750. The smallest absolute Gasteiger partial charge is 0.305 e. The lowest BCUT2D eigenvalue weighted by Crippen LogP contribution is -2.47. The summed E-state index contributed by atoms with van der Waals surface area (Å²) >= 11 is 0. The van der Waals surface area contributed by atoms with Crippen LogP contribution < -0.4 is 5.32 Å². The van der Waals surface area contributed by atoms with Crippen LogP contribution in [0.2, 0.25) is 0 Å². The predicted octanol–water partition coefficient (Wildman–Crippen LogP) is 2.23. The summed E-state index contributed by atoms with van der Waals surface area (Å²) in [5.41, 5.74) is 0.146. The van der Waals surface area contributed by atoms with E-state index in [1.54, 1.807) is 18.2 Å². The number of rotatable bonds is 6. The second-order valence-corrected chi connectivity index (χ2v) is 5.73. The summed E-state index contributed by atoms with van der Waals surface area (Å²) < 4.78 is 0. The Morgan fingerprint density at radius 1 is 1.19 bits per heavy atom. The van der Waals surface area contributed by atoms with Crippen LogP contribution in [-0.2, 0) is 16.0 Å². The first kappa shape index (κ1) is 15.4. The van der Waals surface area contributed by atoms with Gasteiger partial charge < -0.3 is 15.5 Å². The molecule has 0 bridgehead atoms. The molecule has 5 heteroatoms. The number of aromatic hydroxyl groups is 1. The highest BCUT2D eigenvalue weighted by atomic mass is 16.4. The molecule has 0 radical (unpaired) electrons. The number of hydrogen-bond donors (Lipinski definition) is 3. The molecule has 1 aliphatic carbocycles. The van der Waals surface area contributed by atoms with E-state index in [-0.39, 0.29) is 24.5 Å². The Bertz CT molecular complexity index is 521. The van der Waals surface area contributed by atoms with Crippen LogP contribution >= 0.6 is 0 Å². The Hall–Kier alpha value is -2.04. The number of carbonyl (C=O) groups is 2. The van der Waals surface area contributed by atoms with Crippen LogP contribution in [0.3, 0.4) is 0 Å². The summed E-state index contributed by atoms with van der Waals surface area (Å²) in [4.78, 5) is 23.1. The fourth-order valence-electron chi connectivity index (χ4n) is 3.02. The minimum absolute atomic E-state index is 0.0185. The number of para-hydroxylation sites is 1. The summed E-state index contributed by atoms with van der Waals surface area (Å²) in [7, 11) is 0. The number of carbonyl (C=O) groups excluding carboxylic acids is 1. The van der Waals surface area contributed by atoms with E-state index in [1.807, 2.05) is 6.07 Å². The highest BCUT2D eigenvalue weighted by Crippen LogP contribution is 2.32. The van der Waals surface area contributed by atoms with Gasteiger partial charge in [0, 0.05) is 6.42 Å². The lowest BCUT2D eigenvalue weighted by atomic mass is 9.92. The molecule has 1 fully saturated rings. The van der Waals surface area contributed by atoms with Gasteiger partial charge in [0.1, 0.15) is 5.75 Å². The predicted molar refractivity (Wildman–Crippen MR) is 78.0 cm³/mol. The molecule has 1 aromatic carbocycles. The monoisotopic (exact) mass is 291 g/mol. The van der Waals surface area contributed by atoms with E-state index in [0.29, 0.717) is 6.42 Å². The first-order chi connectivity index (χ1) is 10.0. The van der Waals surface area contributed by atoms with E-state index in [9.17, 15) is 14.7 Å². The van der Waals surface area contributed by atoms with Crippen LogP contribution in [0.4, 0.5) is 0 Å². The van der Waals surface area contributed by atoms with Gasteiger partial charge in [0.25, 0.3) is 0 Å². The summed E-state index contributed by atoms with van der Waals surface area (Å²) in [5.74, 6) is -0.842. The molecule has 0 aliphatic heterocycles. The van der Waals surface area contributed by atoms with Crippen molar-refractivity contribution in [1.82, 2.24) is 5.32 Å². The number of nitrogens with one attached hydrogen (secondary N) is 1. The lowest BCUT2D eigenvalue weighted by Gasteiger charge is -2.28. The standard InChI is InChI=1S/C16H21NO4/c18-13-6-2-1-5-12(13)7-8-14(19)17-16(11-15(20)21)9-3-4-10-16/h1-2,5-6,18H,3-4,7-11H2,(H,17,19)(H,20,21). The van der Waals surface area contributed by atoms with E-state index < -0.39 is 11.5 Å². The second-order valence-electron chi connectivity index (χ2n) is 5.73. The fourth-order valence-corrected chi connectivity index (χ4v) is 3.02. The lowest BCUT2D eigenvalue weighted by molar-refractivity contribution is -0.139. The van der Waals surface area contributed by atoms with E-state index in [0.717, 1.165) is 31.2 Å². The van der Waals surface area contributed by atoms with Gasteiger partial charge in [0.15, 0.2) is 0 Å². The Labute approximate surface area is 124 Å². The van der Waals surface area contributed by atoms with E-state index >= 15 is 0 Å². The third-order valence-electron chi connectivity index (χ3n) is 4.07. The topological polar surface area (TPSA) is 86.6 Å². The molecule has 21 heavy (non-hydrogen) atoms. The minimum atomic E-state index is -0.877. The summed E-state index contributed by atoms with van der Waals surface area (Å²) in [6, 6.07) is 6.93. The van der Waals surface area contributed by atoms with Gasteiger partial charge in [0.05, 0.1) is 12.0 Å². The second kappa shape index (κ2) is 6.61. The SMILES string of the molecule is O=C(O)CC1(NC(=O)CCc2ccccc2O)CCCC1. The van der Waals surface area contributed by atoms with Crippen LogP contribution in [0.15, 0.2) is 24.3 Å². The normalized spacial score (nSPS) is 16.6. The maximum atomic E-state index is 12.1. The molecule has 0 heterocycles. The number of aryl methyl sites for hydroxylation is 1. The molecule has 114 valence electrons. The maximum Gasteiger partial charge on any atom is 0.305 e. The van der Waals surface area contributed by atoms with Gasteiger partial charge in [-0.3, -0.25) is 9.59 Å². The number of amides is 1. The van der Waals surface area contributed by atoms with Crippen LogP contribution in [-0.4, -0.2) is 27.6 Å². The molecule has 0 atom stereocenters. The molecule has 0 unspecified atom stereocenters. The Morgan fingerprint density at radius 3 is 2.48 bits per heavy atom. The van der Waals surface area contributed by atoms with Crippen molar-refractivity contribution in [3.05, 3.63) is 29.8 Å². The van der Waals surface area contributed by atoms with Crippen LogP contribution in [0.1, 0.15) is 44.1 Å². The Morgan fingerprint density at radius 2 is 1.86 bits per heavy atom. The fraction of sp³-hybridized carbons (Fsp3) is 0.500. The summed E-state index contributed by atoms with van der Waals surface area (Å²) in [6.07, 6.45) is 4.03. The van der Waals surface area contributed by atoms with Gasteiger partial charge in [-0.1, -0.05) is 31.0 Å². The molecular formula is C16H21NO4. The number of phenols is 1. The van der Waals surface area contributed by atoms with E-state index in [2.05, 4.69) is 5.32 Å². The maximum absolute atomic E-state index is 12.1. The zero-order valence-corrected chi connectivity index (χ0v) is 12.0. The number of carboxylic acid groups (broad SMARTS) is 1. The molecule has 2 rings (SSSR count). The van der Waals surface area contributed by atoms with Gasteiger partial charge >= 0.3 is 5.97 Å². The van der Waals surface area contributed by atoms with Crippen molar-refractivity contribution in [3.63, 3.8) is 0 Å². The molecule has 0 saturated heterocycles. The molecule has 1 aromatic rings. The van der Waals surface area contributed by atoms with Gasteiger partial charge in [0.2, 0.25) is 5.91 Å². The summed E-state index contributed by atoms with van der Waals surface area (Å²) in [6.45, 7) is 0. The van der Waals surface area contributed by atoms with Crippen molar-refractivity contribution in [2.75, 3.05) is 0 Å². The molecule has 1 saturated carbocycles. The van der Waals surface area contributed by atoms with Crippen molar-refractivity contribution in [2.24, 2.45) is 0 Å². The van der Waals surface area contributed by atoms with Crippen LogP contribution in [0.5, 0.6) is 5.75 Å². The number of hydrogen-bond acceptors (Lipinski definition) is 3. The van der Waals surface area contributed by atoms with Crippen molar-refractivity contribution in [2.45, 2.75) is 50.5 Å². The van der Waals surface area contributed by atoms with Crippen LogP contribution in [0.25, 0.3) is 0 Å². The van der Waals surface area contributed by atoms with Crippen molar-refractivity contribution >= 4 is 11.9 Å². The zero-order valence-electron chi connectivity index (χ0n) is 12.0. The van der Waals surface area contributed by atoms with Gasteiger partial charge in [-0.2, -0.15) is 0 Å². The third-order valence-corrected chi connectivity index (χ3v) is 4.07. The molecule has 1 aliphatic rings. The minimum Gasteiger partial charge on any atom is -0.508 e. The molecule has 0 aromatic heterocycles. The average molecular weight is 291 g/mol. The third kappa shape index (κ3) is 4.21. The first-order valence-electron chi connectivity index (χ1n) is 7.30. The molecule has 0 spiro atoms. The average Bonchev–Trinajstić information content (AvgIpc) is 2.85. The van der Waals surface area contributed by atoms with Crippen molar-refractivity contribution in [1.29, 1.82) is 0 Å². The Balaban J connectivity index is 1.91. The van der Waals surface area contributed by atoms with Crippen LogP contribution in [0, 0.1) is 0 Å². The highest BCUT2D eigenvalue weighted by molar-refractivity contribution is 5.78. The van der Waals surface area contributed by atoms with E-state index in [4.69, 9.17) is 5.11 Å². The summed E-state index contributed by atoms with van der Waals surface area (Å²) in [5, 5.41) is 21.6. The largest absolute Gasteiger partial charge is 0.508 e.